The van der Waals surface area contributed by atoms with Crippen LogP contribution in [0.1, 0.15) is 16.7 Å². The van der Waals surface area contributed by atoms with Gasteiger partial charge in [0.1, 0.15) is 0 Å². The highest BCUT2D eigenvalue weighted by Crippen LogP contribution is 2.24. The summed E-state index contributed by atoms with van der Waals surface area (Å²) in [6.07, 6.45) is 1.89. The van der Waals surface area contributed by atoms with E-state index in [1.54, 1.807) is 5.41 Å². The van der Waals surface area contributed by atoms with Crippen LogP contribution in [0.15, 0.2) is 20.7 Å². The summed E-state index contributed by atoms with van der Waals surface area (Å²) in [5.74, 6) is -0.417. The van der Waals surface area contributed by atoms with Crippen LogP contribution >= 0.6 is 12.6 Å². The third-order valence-corrected chi connectivity index (χ3v) is 2.60. The SMILES string of the molecule is Cc1cc2[nH]c(=O)oc2c(C)c1/C=C/S. The van der Waals surface area contributed by atoms with E-state index in [1.807, 2.05) is 26.0 Å². The van der Waals surface area contributed by atoms with Gasteiger partial charge in [-0.05, 0) is 42.5 Å². The van der Waals surface area contributed by atoms with Gasteiger partial charge in [-0.3, -0.25) is 4.98 Å². The molecule has 4 heteroatoms. The lowest BCUT2D eigenvalue weighted by atomic mass is 10.0. The Kier molecular flexibility index (Phi) is 2.44. The normalized spacial score (nSPS) is 11.7. The maximum absolute atomic E-state index is 11.1. The molecule has 1 N–H and O–H groups in total. The van der Waals surface area contributed by atoms with Crippen molar-refractivity contribution in [2.45, 2.75) is 13.8 Å². The number of hydrogen-bond donors (Lipinski definition) is 2. The second kappa shape index (κ2) is 3.62. The van der Waals surface area contributed by atoms with E-state index in [2.05, 4.69) is 17.6 Å². The Bertz CT molecular complexity index is 592. The quantitative estimate of drug-likeness (QED) is 0.727. The van der Waals surface area contributed by atoms with Gasteiger partial charge >= 0.3 is 5.76 Å². The van der Waals surface area contributed by atoms with Crippen LogP contribution in [-0.2, 0) is 0 Å². The summed E-state index contributed by atoms with van der Waals surface area (Å²) < 4.78 is 5.07. The maximum atomic E-state index is 11.1. The monoisotopic (exact) mass is 221 g/mol. The molecule has 0 aliphatic heterocycles. The van der Waals surface area contributed by atoms with Crippen molar-refractivity contribution in [1.29, 1.82) is 0 Å². The van der Waals surface area contributed by atoms with E-state index in [4.69, 9.17) is 4.42 Å². The van der Waals surface area contributed by atoms with Crippen molar-refractivity contribution in [1.82, 2.24) is 4.98 Å². The smallest absolute Gasteiger partial charge is 0.408 e. The van der Waals surface area contributed by atoms with Crippen molar-refractivity contribution in [3.63, 3.8) is 0 Å². The molecule has 0 aliphatic carbocycles. The molecule has 1 aromatic carbocycles. The second-order valence-electron chi connectivity index (χ2n) is 3.44. The predicted molar refractivity (Wildman–Crippen MR) is 64.3 cm³/mol. The molecule has 0 saturated heterocycles. The topological polar surface area (TPSA) is 46.0 Å². The summed E-state index contributed by atoms with van der Waals surface area (Å²) in [6.45, 7) is 3.91. The van der Waals surface area contributed by atoms with Crippen LogP contribution in [-0.4, -0.2) is 4.98 Å². The van der Waals surface area contributed by atoms with Gasteiger partial charge in [-0.2, -0.15) is 12.6 Å². The first-order valence-corrected chi connectivity index (χ1v) is 5.09. The van der Waals surface area contributed by atoms with Crippen LogP contribution in [0.3, 0.4) is 0 Å². The van der Waals surface area contributed by atoms with Gasteiger partial charge in [-0.15, -0.1) is 0 Å². The van der Waals surface area contributed by atoms with E-state index >= 15 is 0 Å². The molecule has 2 aromatic rings. The van der Waals surface area contributed by atoms with Crippen molar-refractivity contribution >= 4 is 29.8 Å². The van der Waals surface area contributed by atoms with Crippen LogP contribution in [0, 0.1) is 13.8 Å². The van der Waals surface area contributed by atoms with E-state index < -0.39 is 5.76 Å². The van der Waals surface area contributed by atoms with Gasteiger partial charge in [0.2, 0.25) is 0 Å². The molecular formula is C11H11NO2S. The Labute approximate surface area is 92.2 Å². The average Bonchev–Trinajstić information content (AvgIpc) is 2.53. The highest BCUT2D eigenvalue weighted by Gasteiger charge is 2.09. The fourth-order valence-corrected chi connectivity index (χ4v) is 1.91. The number of benzene rings is 1. The first-order chi connectivity index (χ1) is 7.13. The van der Waals surface area contributed by atoms with Crippen molar-refractivity contribution in [2.75, 3.05) is 0 Å². The zero-order valence-corrected chi connectivity index (χ0v) is 9.39. The first-order valence-electron chi connectivity index (χ1n) is 4.57. The minimum Gasteiger partial charge on any atom is -0.408 e. The Balaban J connectivity index is 2.88. The second-order valence-corrected chi connectivity index (χ2v) is 3.74. The summed E-state index contributed by atoms with van der Waals surface area (Å²) in [7, 11) is 0. The number of nitrogens with one attached hydrogen (secondary N) is 1. The van der Waals surface area contributed by atoms with Crippen LogP contribution in [0.4, 0.5) is 0 Å². The highest BCUT2D eigenvalue weighted by molar-refractivity contribution is 7.83. The molecule has 3 nitrogen and oxygen atoms in total. The Hall–Kier alpha value is -1.42. The number of fused-ring (bicyclic) bond motifs is 1. The molecule has 1 aromatic heterocycles. The summed E-state index contributed by atoms with van der Waals surface area (Å²) in [4.78, 5) is 13.7. The molecule has 0 atom stereocenters. The van der Waals surface area contributed by atoms with Crippen molar-refractivity contribution in [3.8, 4) is 0 Å². The van der Waals surface area contributed by atoms with Gasteiger partial charge in [-0.25, -0.2) is 4.79 Å². The molecule has 78 valence electrons. The lowest BCUT2D eigenvalue weighted by molar-refractivity contribution is 0.553. The third-order valence-electron chi connectivity index (χ3n) is 2.45. The average molecular weight is 221 g/mol. The first kappa shape index (κ1) is 10.1. The Morgan fingerprint density at radius 1 is 1.47 bits per heavy atom. The van der Waals surface area contributed by atoms with Gasteiger partial charge in [0, 0.05) is 5.56 Å². The number of H-pyrrole nitrogens is 1. The molecule has 0 amide bonds. The molecule has 15 heavy (non-hydrogen) atoms. The number of aromatic nitrogens is 1. The van der Waals surface area contributed by atoms with Crippen LogP contribution in [0.5, 0.6) is 0 Å². The summed E-state index contributed by atoms with van der Waals surface area (Å²) in [6, 6.07) is 1.90. The van der Waals surface area contributed by atoms with E-state index in [0.29, 0.717) is 5.58 Å². The van der Waals surface area contributed by atoms with E-state index in [9.17, 15) is 4.79 Å². The highest BCUT2D eigenvalue weighted by atomic mass is 32.1. The van der Waals surface area contributed by atoms with Gasteiger partial charge < -0.3 is 4.42 Å². The molecule has 0 fully saturated rings. The number of thiol groups is 1. The fraction of sp³-hybridized carbons (Fsp3) is 0.182. The fourth-order valence-electron chi connectivity index (χ4n) is 1.76. The Morgan fingerprint density at radius 3 is 2.87 bits per heavy atom. The Morgan fingerprint density at radius 2 is 2.20 bits per heavy atom. The van der Waals surface area contributed by atoms with Gasteiger partial charge in [0.05, 0.1) is 5.52 Å². The number of aryl methyl sites for hydroxylation is 2. The van der Waals surface area contributed by atoms with Gasteiger partial charge in [0.15, 0.2) is 5.58 Å². The lowest BCUT2D eigenvalue weighted by Crippen LogP contribution is -1.92. The number of oxazole rings is 1. The molecule has 0 radical (unpaired) electrons. The number of hydrogen-bond acceptors (Lipinski definition) is 3. The molecule has 0 bridgehead atoms. The van der Waals surface area contributed by atoms with Gasteiger partial charge in [-0.1, -0.05) is 0 Å². The molecule has 0 saturated carbocycles. The van der Waals surface area contributed by atoms with Crippen LogP contribution in [0.2, 0.25) is 0 Å². The standard InChI is InChI=1S/C11H11NO2S/c1-6-5-9-10(14-11(13)12-9)7(2)8(6)3-4-15/h3-5,15H,1-2H3,(H,12,13)/b4-3+. The van der Waals surface area contributed by atoms with Crippen molar-refractivity contribution in [3.05, 3.63) is 38.7 Å². The number of rotatable bonds is 1. The molecule has 1 heterocycles. The van der Waals surface area contributed by atoms with E-state index in [1.165, 1.54) is 0 Å². The van der Waals surface area contributed by atoms with Crippen LogP contribution < -0.4 is 5.76 Å². The zero-order valence-electron chi connectivity index (χ0n) is 8.50. The minimum absolute atomic E-state index is 0.417. The third kappa shape index (κ3) is 1.61. The summed E-state index contributed by atoms with van der Waals surface area (Å²) in [5.41, 5.74) is 4.44. The van der Waals surface area contributed by atoms with Crippen LogP contribution in [0.25, 0.3) is 17.2 Å². The van der Waals surface area contributed by atoms with Crippen molar-refractivity contribution < 1.29 is 4.42 Å². The molecule has 2 rings (SSSR count). The lowest BCUT2D eigenvalue weighted by Gasteiger charge is -2.04. The summed E-state index contributed by atoms with van der Waals surface area (Å²) >= 11 is 4.05. The minimum atomic E-state index is -0.417. The number of aromatic amines is 1. The van der Waals surface area contributed by atoms with E-state index in [-0.39, 0.29) is 0 Å². The summed E-state index contributed by atoms with van der Waals surface area (Å²) in [5, 5.41) is 1.67. The molecular weight excluding hydrogens is 210 g/mol. The largest absolute Gasteiger partial charge is 0.417 e. The van der Waals surface area contributed by atoms with Crippen molar-refractivity contribution in [2.24, 2.45) is 0 Å². The zero-order chi connectivity index (χ0) is 11.0. The molecule has 0 aliphatic rings. The van der Waals surface area contributed by atoms with Gasteiger partial charge in [0.25, 0.3) is 0 Å². The molecule has 0 unspecified atom stereocenters. The maximum Gasteiger partial charge on any atom is 0.417 e. The predicted octanol–water partition coefficient (Wildman–Crippen LogP) is 2.64. The van der Waals surface area contributed by atoms with E-state index in [0.717, 1.165) is 22.2 Å². The molecule has 0 spiro atoms.